The molecule has 0 spiro atoms. The molecular weight excluding hydrogens is 550 g/mol. The third kappa shape index (κ3) is 18.5. The van der Waals surface area contributed by atoms with Gasteiger partial charge in [-0.05, 0) is 19.3 Å². The largest absolute Gasteiger partial charge is 0.394 e. The molecule has 9 heteroatoms. The molecule has 1 aliphatic heterocycles. The standard InChI is InChI=1S/C34H65NO8/c1-3-5-7-9-11-13-15-17-19-21-23-28(37)27(26-42-34-33(41)32(40)31(39)29(25-36)43-34)35-30(38)24-22-20-18-16-14-12-10-8-6-4-2/h21,23,27-29,31-34,36-37,39-41H,3-20,22,24-26H2,1-2H3,(H,35,38)/b23-21+. The fraction of sp³-hybridized carbons (Fsp3) is 0.912. The van der Waals surface area contributed by atoms with Crippen molar-refractivity contribution in [1.82, 2.24) is 5.32 Å². The van der Waals surface area contributed by atoms with E-state index in [1.165, 1.54) is 83.5 Å². The lowest BCUT2D eigenvalue weighted by Crippen LogP contribution is -2.60. The number of carbonyl (C=O) groups excluding carboxylic acids is 1. The van der Waals surface area contributed by atoms with Crippen molar-refractivity contribution >= 4 is 5.91 Å². The molecule has 0 aromatic rings. The van der Waals surface area contributed by atoms with E-state index < -0.39 is 49.5 Å². The molecule has 1 fully saturated rings. The number of unbranched alkanes of at least 4 members (excludes halogenated alkanes) is 17. The molecule has 0 saturated carbocycles. The van der Waals surface area contributed by atoms with Crippen LogP contribution in [0.25, 0.3) is 0 Å². The fourth-order valence-corrected chi connectivity index (χ4v) is 5.45. The van der Waals surface area contributed by atoms with Crippen molar-refractivity contribution in [2.75, 3.05) is 13.2 Å². The molecule has 1 aliphatic rings. The van der Waals surface area contributed by atoms with E-state index >= 15 is 0 Å². The average molecular weight is 616 g/mol. The van der Waals surface area contributed by atoms with Crippen LogP contribution in [0.4, 0.5) is 0 Å². The van der Waals surface area contributed by atoms with Gasteiger partial charge in [0.25, 0.3) is 0 Å². The summed E-state index contributed by atoms with van der Waals surface area (Å²) < 4.78 is 11.1. The Morgan fingerprint density at radius 1 is 0.767 bits per heavy atom. The second-order valence-corrected chi connectivity index (χ2v) is 12.3. The molecular formula is C34H65NO8. The fourth-order valence-electron chi connectivity index (χ4n) is 5.45. The molecule has 0 aromatic carbocycles. The number of nitrogens with one attached hydrogen (secondary N) is 1. The minimum absolute atomic E-state index is 0.183. The molecule has 254 valence electrons. The first-order chi connectivity index (χ1) is 20.8. The Balaban J connectivity index is 2.52. The summed E-state index contributed by atoms with van der Waals surface area (Å²) in [6, 6.07) is -0.794. The highest BCUT2D eigenvalue weighted by atomic mass is 16.7. The van der Waals surface area contributed by atoms with Gasteiger partial charge in [0, 0.05) is 6.42 Å². The zero-order chi connectivity index (χ0) is 31.7. The topological polar surface area (TPSA) is 149 Å². The van der Waals surface area contributed by atoms with Gasteiger partial charge in [0.1, 0.15) is 24.4 Å². The third-order valence-electron chi connectivity index (χ3n) is 8.36. The van der Waals surface area contributed by atoms with Crippen molar-refractivity contribution in [2.45, 2.75) is 185 Å². The van der Waals surface area contributed by atoms with E-state index in [2.05, 4.69) is 19.2 Å². The number of aliphatic hydroxyl groups is 5. The number of rotatable bonds is 27. The SMILES string of the molecule is CCCCCCCCCC/C=C/C(O)C(COC1OC(CO)C(O)C(O)C1O)NC(=O)CCCCCCCCCCCC. The first kappa shape index (κ1) is 40.0. The first-order valence-corrected chi connectivity index (χ1v) is 17.4. The summed E-state index contributed by atoms with van der Waals surface area (Å²) in [4.78, 5) is 12.8. The van der Waals surface area contributed by atoms with Gasteiger partial charge in [0.2, 0.25) is 5.91 Å². The first-order valence-electron chi connectivity index (χ1n) is 17.4. The monoisotopic (exact) mass is 615 g/mol. The third-order valence-corrected chi connectivity index (χ3v) is 8.36. The molecule has 7 atom stereocenters. The number of amides is 1. The Labute approximate surface area is 261 Å². The van der Waals surface area contributed by atoms with E-state index in [-0.39, 0.29) is 12.5 Å². The van der Waals surface area contributed by atoms with Gasteiger partial charge in [0.05, 0.1) is 25.4 Å². The van der Waals surface area contributed by atoms with Crippen molar-refractivity contribution in [3.8, 4) is 0 Å². The van der Waals surface area contributed by atoms with E-state index in [0.717, 1.165) is 38.5 Å². The lowest BCUT2D eigenvalue weighted by Gasteiger charge is -2.40. The van der Waals surface area contributed by atoms with Crippen LogP contribution in [-0.2, 0) is 14.3 Å². The highest BCUT2D eigenvalue weighted by Gasteiger charge is 2.44. The Hall–Kier alpha value is -1.07. The molecule has 43 heavy (non-hydrogen) atoms. The predicted octanol–water partition coefficient (Wildman–Crippen LogP) is 5.05. The van der Waals surface area contributed by atoms with Crippen LogP contribution in [0.1, 0.15) is 142 Å². The Kier molecular flexibility index (Phi) is 24.3. The quantitative estimate of drug-likeness (QED) is 0.0556. The highest BCUT2D eigenvalue weighted by molar-refractivity contribution is 5.76. The number of aliphatic hydroxyl groups excluding tert-OH is 5. The second-order valence-electron chi connectivity index (χ2n) is 12.3. The molecule has 6 N–H and O–H groups in total. The minimum atomic E-state index is -1.56. The van der Waals surface area contributed by atoms with Crippen molar-refractivity contribution in [3.05, 3.63) is 12.2 Å². The van der Waals surface area contributed by atoms with Gasteiger partial charge in [-0.1, -0.05) is 129 Å². The lowest BCUT2D eigenvalue weighted by atomic mass is 9.99. The summed E-state index contributed by atoms with van der Waals surface area (Å²) in [5.41, 5.74) is 0. The van der Waals surface area contributed by atoms with Crippen LogP contribution in [0.5, 0.6) is 0 Å². The molecule has 1 amide bonds. The predicted molar refractivity (Wildman–Crippen MR) is 170 cm³/mol. The van der Waals surface area contributed by atoms with Gasteiger partial charge < -0.3 is 40.3 Å². The van der Waals surface area contributed by atoms with Crippen LogP contribution < -0.4 is 5.32 Å². The summed E-state index contributed by atoms with van der Waals surface area (Å²) in [6.45, 7) is 3.70. The van der Waals surface area contributed by atoms with Gasteiger partial charge in [-0.25, -0.2) is 0 Å². The van der Waals surface area contributed by atoms with E-state index in [4.69, 9.17) is 9.47 Å². The maximum atomic E-state index is 12.8. The van der Waals surface area contributed by atoms with E-state index in [9.17, 15) is 30.3 Å². The second kappa shape index (κ2) is 26.2. The van der Waals surface area contributed by atoms with Gasteiger partial charge >= 0.3 is 0 Å². The number of ether oxygens (including phenoxy) is 2. The number of allylic oxidation sites excluding steroid dienone is 1. The van der Waals surface area contributed by atoms with Crippen LogP contribution >= 0.6 is 0 Å². The van der Waals surface area contributed by atoms with Crippen LogP contribution in [0.3, 0.4) is 0 Å². The van der Waals surface area contributed by atoms with Crippen molar-refractivity contribution in [3.63, 3.8) is 0 Å². The van der Waals surface area contributed by atoms with E-state index in [0.29, 0.717) is 6.42 Å². The summed E-state index contributed by atoms with van der Waals surface area (Å²) in [6.07, 6.45) is 18.3. The maximum Gasteiger partial charge on any atom is 0.220 e. The normalized spacial score (nSPS) is 23.9. The lowest BCUT2D eigenvalue weighted by molar-refractivity contribution is -0.302. The Morgan fingerprint density at radius 2 is 1.28 bits per heavy atom. The number of hydrogen-bond donors (Lipinski definition) is 6. The van der Waals surface area contributed by atoms with Crippen LogP contribution in [0.2, 0.25) is 0 Å². The molecule has 0 radical (unpaired) electrons. The zero-order valence-corrected chi connectivity index (χ0v) is 27.2. The molecule has 0 bridgehead atoms. The van der Waals surface area contributed by atoms with Gasteiger partial charge in [0.15, 0.2) is 6.29 Å². The molecule has 0 aliphatic carbocycles. The average Bonchev–Trinajstić information content (AvgIpc) is 3.00. The molecule has 7 unspecified atom stereocenters. The smallest absolute Gasteiger partial charge is 0.220 e. The molecule has 9 nitrogen and oxygen atoms in total. The molecule has 1 rings (SSSR count). The summed E-state index contributed by atoms with van der Waals surface area (Å²) in [7, 11) is 0. The summed E-state index contributed by atoms with van der Waals surface area (Å²) >= 11 is 0. The summed E-state index contributed by atoms with van der Waals surface area (Å²) in [5, 5.41) is 53.6. The van der Waals surface area contributed by atoms with Gasteiger partial charge in [-0.15, -0.1) is 0 Å². The number of carbonyl (C=O) groups is 1. The Morgan fingerprint density at radius 3 is 1.81 bits per heavy atom. The van der Waals surface area contributed by atoms with Crippen molar-refractivity contribution in [2.24, 2.45) is 0 Å². The van der Waals surface area contributed by atoms with Gasteiger partial charge in [-0.3, -0.25) is 4.79 Å². The minimum Gasteiger partial charge on any atom is -0.394 e. The van der Waals surface area contributed by atoms with Crippen LogP contribution in [-0.4, -0.2) is 87.5 Å². The van der Waals surface area contributed by atoms with Crippen LogP contribution in [0, 0.1) is 0 Å². The van der Waals surface area contributed by atoms with Crippen molar-refractivity contribution in [1.29, 1.82) is 0 Å². The van der Waals surface area contributed by atoms with Crippen molar-refractivity contribution < 1.29 is 39.8 Å². The number of hydrogen-bond acceptors (Lipinski definition) is 8. The highest BCUT2D eigenvalue weighted by Crippen LogP contribution is 2.22. The van der Waals surface area contributed by atoms with Crippen LogP contribution in [0.15, 0.2) is 12.2 Å². The summed E-state index contributed by atoms with van der Waals surface area (Å²) in [5.74, 6) is -0.183. The molecule has 1 heterocycles. The Bertz CT molecular complexity index is 691. The molecule has 0 aromatic heterocycles. The zero-order valence-electron chi connectivity index (χ0n) is 27.2. The van der Waals surface area contributed by atoms with Gasteiger partial charge in [-0.2, -0.15) is 0 Å². The van der Waals surface area contributed by atoms with E-state index in [1.54, 1.807) is 6.08 Å². The maximum absolute atomic E-state index is 12.8. The molecule has 1 saturated heterocycles. The van der Waals surface area contributed by atoms with E-state index in [1.807, 2.05) is 6.08 Å².